The molecule has 3 atom stereocenters. The van der Waals surface area contributed by atoms with E-state index < -0.39 is 6.10 Å². The number of phenolic OH excluding ortho intramolecular Hbond substituents is 1. The Morgan fingerprint density at radius 2 is 2.17 bits per heavy atom. The van der Waals surface area contributed by atoms with Gasteiger partial charge in [-0.05, 0) is 49.9 Å². The second-order valence-electron chi connectivity index (χ2n) is 6.53. The van der Waals surface area contributed by atoms with E-state index in [4.69, 9.17) is 4.74 Å². The zero-order chi connectivity index (χ0) is 17.0. The summed E-state index contributed by atoms with van der Waals surface area (Å²) in [5.41, 5.74) is 2.11. The number of fused-ring (bicyclic) bond motifs is 1. The van der Waals surface area contributed by atoms with Gasteiger partial charge < -0.3 is 19.8 Å². The van der Waals surface area contributed by atoms with Gasteiger partial charge in [0.05, 0.1) is 13.2 Å². The first-order valence-electron chi connectivity index (χ1n) is 8.41. The van der Waals surface area contributed by atoms with Crippen LogP contribution in [-0.4, -0.2) is 41.9 Å². The molecule has 0 spiro atoms. The largest absolute Gasteiger partial charge is 0.504 e. The molecule has 1 aromatic carbocycles. The maximum absolute atomic E-state index is 10.6. The molecule has 4 heteroatoms. The highest BCUT2D eigenvalue weighted by atomic mass is 16.5. The van der Waals surface area contributed by atoms with E-state index in [1.54, 1.807) is 7.11 Å². The Morgan fingerprint density at radius 3 is 2.83 bits per heavy atom. The van der Waals surface area contributed by atoms with E-state index in [1.165, 1.54) is 0 Å². The molecule has 0 bridgehead atoms. The van der Waals surface area contributed by atoms with Gasteiger partial charge in [0.15, 0.2) is 11.5 Å². The van der Waals surface area contributed by atoms with E-state index >= 15 is 0 Å². The van der Waals surface area contributed by atoms with Crippen molar-refractivity contribution in [2.24, 2.45) is 5.92 Å². The predicted octanol–water partition coefficient (Wildman–Crippen LogP) is 3.28. The van der Waals surface area contributed by atoms with Crippen LogP contribution in [0.2, 0.25) is 0 Å². The second-order valence-corrected chi connectivity index (χ2v) is 6.53. The molecular formula is C19H29NO3. The summed E-state index contributed by atoms with van der Waals surface area (Å²) in [4.78, 5) is 2.27. The number of rotatable bonds is 4. The van der Waals surface area contributed by atoms with Crippen LogP contribution in [0.25, 0.3) is 0 Å². The third kappa shape index (κ3) is 4.06. The Hall–Kier alpha value is -1.52. The van der Waals surface area contributed by atoms with Crippen molar-refractivity contribution in [3.05, 3.63) is 35.4 Å². The number of phenols is 1. The van der Waals surface area contributed by atoms with Crippen molar-refractivity contribution in [2.75, 3.05) is 20.7 Å². The van der Waals surface area contributed by atoms with Crippen molar-refractivity contribution in [2.45, 2.75) is 45.3 Å². The van der Waals surface area contributed by atoms with Gasteiger partial charge in [0.1, 0.15) is 0 Å². The molecule has 0 saturated carbocycles. The van der Waals surface area contributed by atoms with Crippen molar-refractivity contribution in [1.29, 1.82) is 0 Å². The minimum absolute atomic E-state index is 0.175. The molecule has 0 amide bonds. The molecule has 0 aromatic heterocycles. The molecule has 0 radical (unpaired) electrons. The van der Waals surface area contributed by atoms with Crippen LogP contribution in [-0.2, 0) is 6.54 Å². The lowest BCUT2D eigenvalue weighted by Crippen LogP contribution is -2.27. The van der Waals surface area contributed by atoms with Crippen LogP contribution in [0.1, 0.15) is 43.7 Å². The molecule has 1 aromatic rings. The lowest BCUT2D eigenvalue weighted by molar-refractivity contribution is 0.217. The lowest BCUT2D eigenvalue weighted by atomic mass is 9.80. The molecule has 0 aliphatic carbocycles. The Morgan fingerprint density at radius 1 is 1.43 bits per heavy atom. The van der Waals surface area contributed by atoms with Crippen LogP contribution in [0, 0.1) is 5.92 Å². The van der Waals surface area contributed by atoms with E-state index in [2.05, 4.69) is 24.9 Å². The minimum atomic E-state index is -0.399. The van der Waals surface area contributed by atoms with Gasteiger partial charge >= 0.3 is 0 Å². The number of hydrogen-bond donors (Lipinski definition) is 2. The Kier molecular flexibility index (Phi) is 6.08. The maximum atomic E-state index is 10.6. The van der Waals surface area contributed by atoms with Crippen LogP contribution in [0.4, 0.5) is 0 Å². The molecular weight excluding hydrogens is 290 g/mol. The van der Waals surface area contributed by atoms with E-state index in [-0.39, 0.29) is 17.6 Å². The summed E-state index contributed by atoms with van der Waals surface area (Å²) in [7, 11) is 3.68. The number of aliphatic hydroxyl groups is 1. The fraction of sp³-hybridized carbons (Fsp3) is 0.579. The maximum Gasteiger partial charge on any atom is 0.161 e. The minimum Gasteiger partial charge on any atom is -0.504 e. The van der Waals surface area contributed by atoms with Crippen molar-refractivity contribution in [3.8, 4) is 11.5 Å². The molecule has 1 unspecified atom stereocenters. The van der Waals surface area contributed by atoms with Crippen LogP contribution < -0.4 is 4.74 Å². The van der Waals surface area contributed by atoms with Crippen molar-refractivity contribution in [3.63, 3.8) is 0 Å². The second kappa shape index (κ2) is 7.84. The predicted molar refractivity (Wildman–Crippen MR) is 93.0 cm³/mol. The van der Waals surface area contributed by atoms with Gasteiger partial charge in [-0.2, -0.15) is 0 Å². The summed E-state index contributed by atoms with van der Waals surface area (Å²) in [6, 6.07) is 3.88. The highest BCUT2D eigenvalue weighted by molar-refractivity contribution is 5.52. The SMILES string of the molecule is CC[C@@H](O)/C=C\C1CCN(C)Cc2ccc(OC)c(O)c2[C@H]1C. The smallest absolute Gasteiger partial charge is 0.161 e. The quantitative estimate of drug-likeness (QED) is 0.836. The normalized spacial score (nSPS) is 24.0. The fourth-order valence-corrected chi connectivity index (χ4v) is 3.31. The van der Waals surface area contributed by atoms with Gasteiger partial charge in [-0.3, -0.25) is 0 Å². The van der Waals surface area contributed by atoms with Crippen LogP contribution >= 0.6 is 0 Å². The fourth-order valence-electron chi connectivity index (χ4n) is 3.31. The van der Waals surface area contributed by atoms with Gasteiger partial charge in [0.2, 0.25) is 0 Å². The highest BCUT2D eigenvalue weighted by Gasteiger charge is 2.27. The van der Waals surface area contributed by atoms with E-state index in [9.17, 15) is 10.2 Å². The summed E-state index contributed by atoms with van der Waals surface area (Å²) in [6.07, 6.45) is 5.32. The number of aliphatic hydroxyl groups excluding tert-OH is 1. The zero-order valence-electron chi connectivity index (χ0n) is 14.6. The molecule has 2 N–H and O–H groups in total. The summed E-state index contributed by atoms with van der Waals surface area (Å²) in [6.45, 7) is 5.94. The first-order valence-corrected chi connectivity index (χ1v) is 8.41. The lowest BCUT2D eigenvalue weighted by Gasteiger charge is -2.31. The molecule has 0 fully saturated rings. The summed E-state index contributed by atoms with van der Waals surface area (Å²) in [5, 5.41) is 20.5. The number of ether oxygens (including phenoxy) is 1. The van der Waals surface area contributed by atoms with Crippen molar-refractivity contribution >= 4 is 0 Å². The van der Waals surface area contributed by atoms with Crippen molar-refractivity contribution < 1.29 is 14.9 Å². The standard InChI is InChI=1S/C19H29NO3/c1-5-16(21)8-6-14-10-11-20(3)12-15-7-9-17(23-4)19(22)18(15)13(14)2/h6-9,13-14,16,21-22H,5,10-12H2,1-4H3/b8-6-/t13-,14?,16+/m0/s1. The summed E-state index contributed by atoms with van der Waals surface area (Å²) < 4.78 is 5.29. The molecule has 23 heavy (non-hydrogen) atoms. The van der Waals surface area contributed by atoms with E-state index in [0.29, 0.717) is 12.2 Å². The van der Waals surface area contributed by atoms with Gasteiger partial charge in [0.25, 0.3) is 0 Å². The Labute approximate surface area is 139 Å². The third-order valence-electron chi connectivity index (χ3n) is 4.87. The average Bonchev–Trinajstić information content (AvgIpc) is 2.53. The molecule has 2 rings (SSSR count). The summed E-state index contributed by atoms with van der Waals surface area (Å²) >= 11 is 0. The summed E-state index contributed by atoms with van der Waals surface area (Å²) in [5.74, 6) is 1.22. The molecule has 128 valence electrons. The zero-order valence-corrected chi connectivity index (χ0v) is 14.6. The van der Waals surface area contributed by atoms with Crippen LogP contribution in [0.15, 0.2) is 24.3 Å². The molecule has 1 heterocycles. The molecule has 1 aliphatic rings. The number of methoxy groups -OCH3 is 1. The van der Waals surface area contributed by atoms with Crippen LogP contribution in [0.5, 0.6) is 11.5 Å². The van der Waals surface area contributed by atoms with Crippen molar-refractivity contribution in [1.82, 2.24) is 4.90 Å². The first kappa shape index (κ1) is 17.8. The van der Waals surface area contributed by atoms with E-state index in [0.717, 1.165) is 30.6 Å². The van der Waals surface area contributed by atoms with Gasteiger partial charge in [0, 0.05) is 12.1 Å². The van der Waals surface area contributed by atoms with Crippen LogP contribution in [0.3, 0.4) is 0 Å². The topological polar surface area (TPSA) is 52.9 Å². The molecule has 1 aliphatic heterocycles. The number of benzene rings is 1. The number of aromatic hydroxyl groups is 1. The number of hydrogen-bond acceptors (Lipinski definition) is 4. The number of nitrogens with zero attached hydrogens (tertiary/aromatic N) is 1. The van der Waals surface area contributed by atoms with Gasteiger partial charge in [-0.25, -0.2) is 0 Å². The van der Waals surface area contributed by atoms with Gasteiger partial charge in [-0.15, -0.1) is 0 Å². The highest BCUT2D eigenvalue weighted by Crippen LogP contribution is 2.42. The average molecular weight is 319 g/mol. The first-order chi connectivity index (χ1) is 11.0. The Balaban J connectivity index is 2.42. The molecule has 0 saturated heterocycles. The van der Waals surface area contributed by atoms with Gasteiger partial charge in [-0.1, -0.05) is 32.1 Å². The number of allylic oxidation sites excluding steroid dienone is 1. The van der Waals surface area contributed by atoms with E-state index in [1.807, 2.05) is 25.1 Å². The monoisotopic (exact) mass is 319 g/mol. The third-order valence-corrected chi connectivity index (χ3v) is 4.87. The Bertz CT molecular complexity index is 556. The molecule has 4 nitrogen and oxygen atoms in total.